The lowest BCUT2D eigenvalue weighted by molar-refractivity contribution is 0.102. The van der Waals surface area contributed by atoms with E-state index in [9.17, 15) is 4.79 Å². The molecule has 1 aliphatic rings. The quantitative estimate of drug-likeness (QED) is 0.518. The highest BCUT2D eigenvalue weighted by molar-refractivity contribution is 8.00. The number of hydrogen-bond donors (Lipinski definition) is 1. The lowest BCUT2D eigenvalue weighted by Crippen LogP contribution is -2.26. The second-order valence-electron chi connectivity index (χ2n) is 6.29. The van der Waals surface area contributed by atoms with Crippen LogP contribution in [0, 0.1) is 0 Å². The van der Waals surface area contributed by atoms with Gasteiger partial charge in [-0.15, -0.1) is 0 Å². The van der Waals surface area contributed by atoms with Crippen molar-refractivity contribution < 1.29 is 9.53 Å². The molecule has 0 aliphatic carbocycles. The van der Waals surface area contributed by atoms with Crippen molar-refractivity contribution in [2.24, 2.45) is 0 Å². The summed E-state index contributed by atoms with van der Waals surface area (Å²) >= 11 is 14.3. The molecule has 2 heterocycles. The largest absolute Gasteiger partial charge is 0.367 e. The van der Waals surface area contributed by atoms with Crippen LogP contribution >= 0.6 is 35.1 Å². The van der Waals surface area contributed by atoms with Gasteiger partial charge in [0, 0.05) is 23.1 Å². The second-order valence-corrected chi connectivity index (χ2v) is 8.03. The summed E-state index contributed by atoms with van der Waals surface area (Å²) in [5.74, 6) is 0.320. The zero-order chi connectivity index (χ0) is 20.2. The van der Waals surface area contributed by atoms with Gasteiger partial charge in [-0.1, -0.05) is 29.3 Å². The molecule has 2 aromatic carbocycles. The van der Waals surface area contributed by atoms with E-state index in [1.807, 2.05) is 24.3 Å². The predicted molar refractivity (Wildman–Crippen MR) is 120 cm³/mol. The van der Waals surface area contributed by atoms with Crippen LogP contribution in [0.25, 0.3) is 11.3 Å². The minimum atomic E-state index is -0.287. The Kier molecular flexibility index (Phi) is 6.25. The van der Waals surface area contributed by atoms with Crippen molar-refractivity contribution in [2.45, 2.75) is 0 Å². The van der Waals surface area contributed by atoms with E-state index in [1.54, 1.807) is 48.5 Å². The minimum absolute atomic E-state index is 0.287. The Morgan fingerprint density at radius 2 is 2.00 bits per heavy atom. The third kappa shape index (κ3) is 4.67. The molecule has 29 heavy (non-hydrogen) atoms. The number of amides is 1. The summed E-state index contributed by atoms with van der Waals surface area (Å²) < 4.78 is 7.45. The second kappa shape index (κ2) is 9.05. The smallest absolute Gasteiger partial charge is 0.257 e. The standard InChI is InChI=1S/C21H17Cl2N3O2S/c22-18-7-4-14(11-17(18)20-3-1-2-8-24-20)25-21(27)16-6-5-15(12-19(16)23)26-9-10-28-13-29-26/h1-8,11-12H,9-10,13H2,(H,25,27). The summed E-state index contributed by atoms with van der Waals surface area (Å²) in [5.41, 5.74) is 3.45. The number of anilines is 2. The van der Waals surface area contributed by atoms with Gasteiger partial charge in [0.05, 0.1) is 34.5 Å². The first kappa shape index (κ1) is 20.0. The topological polar surface area (TPSA) is 54.5 Å². The van der Waals surface area contributed by atoms with Crippen LogP contribution in [0.3, 0.4) is 0 Å². The molecule has 5 nitrogen and oxygen atoms in total. The molecule has 0 atom stereocenters. The molecule has 1 fully saturated rings. The Labute approximate surface area is 183 Å². The Morgan fingerprint density at radius 3 is 2.72 bits per heavy atom. The fourth-order valence-electron chi connectivity index (χ4n) is 2.94. The third-order valence-corrected chi connectivity index (χ3v) is 6.00. The molecule has 1 N–H and O–H groups in total. The molecule has 3 aromatic rings. The molecule has 0 unspecified atom stereocenters. The average Bonchev–Trinajstić information content (AvgIpc) is 2.76. The normalized spacial score (nSPS) is 13.9. The molecular weight excluding hydrogens is 429 g/mol. The van der Waals surface area contributed by atoms with Gasteiger partial charge in [0.25, 0.3) is 5.91 Å². The summed E-state index contributed by atoms with van der Waals surface area (Å²) in [6.07, 6.45) is 1.70. The number of nitrogens with zero attached hydrogens (tertiary/aromatic N) is 2. The van der Waals surface area contributed by atoms with Gasteiger partial charge >= 0.3 is 0 Å². The highest BCUT2D eigenvalue weighted by Crippen LogP contribution is 2.31. The summed E-state index contributed by atoms with van der Waals surface area (Å²) in [5, 5.41) is 3.84. The number of halogens is 2. The molecule has 4 rings (SSSR count). The Balaban J connectivity index is 1.54. The van der Waals surface area contributed by atoms with Gasteiger partial charge in [-0.3, -0.25) is 9.78 Å². The summed E-state index contributed by atoms with van der Waals surface area (Å²) in [6, 6.07) is 16.3. The van der Waals surface area contributed by atoms with E-state index < -0.39 is 0 Å². The molecule has 1 amide bonds. The van der Waals surface area contributed by atoms with E-state index >= 15 is 0 Å². The first-order chi connectivity index (χ1) is 14.1. The first-order valence-electron chi connectivity index (χ1n) is 8.92. The number of aromatic nitrogens is 1. The van der Waals surface area contributed by atoms with Crippen molar-refractivity contribution in [3.63, 3.8) is 0 Å². The van der Waals surface area contributed by atoms with Crippen molar-refractivity contribution in [1.29, 1.82) is 0 Å². The maximum atomic E-state index is 12.8. The molecule has 0 radical (unpaired) electrons. The van der Waals surface area contributed by atoms with Crippen LogP contribution in [-0.2, 0) is 4.74 Å². The van der Waals surface area contributed by atoms with E-state index in [1.165, 1.54) is 0 Å². The highest BCUT2D eigenvalue weighted by atomic mass is 35.5. The minimum Gasteiger partial charge on any atom is -0.367 e. The summed E-state index contributed by atoms with van der Waals surface area (Å²) in [4.78, 5) is 17.1. The molecule has 1 saturated heterocycles. The molecule has 1 aromatic heterocycles. The predicted octanol–water partition coefficient (Wildman–Crippen LogP) is 5.75. The van der Waals surface area contributed by atoms with Crippen LogP contribution in [0.4, 0.5) is 11.4 Å². The van der Waals surface area contributed by atoms with E-state index in [4.69, 9.17) is 27.9 Å². The van der Waals surface area contributed by atoms with E-state index in [0.29, 0.717) is 33.8 Å². The lowest BCUT2D eigenvalue weighted by Gasteiger charge is -2.27. The third-order valence-electron chi connectivity index (χ3n) is 4.38. The van der Waals surface area contributed by atoms with Crippen LogP contribution in [0.5, 0.6) is 0 Å². The van der Waals surface area contributed by atoms with Crippen molar-refractivity contribution in [3.05, 3.63) is 76.4 Å². The molecule has 0 saturated carbocycles. The monoisotopic (exact) mass is 445 g/mol. The van der Waals surface area contributed by atoms with E-state index in [0.717, 1.165) is 23.5 Å². The van der Waals surface area contributed by atoms with Gasteiger partial charge in [0.1, 0.15) is 5.94 Å². The zero-order valence-corrected chi connectivity index (χ0v) is 17.6. The average molecular weight is 446 g/mol. The van der Waals surface area contributed by atoms with Crippen LogP contribution in [-0.4, -0.2) is 30.0 Å². The van der Waals surface area contributed by atoms with Crippen molar-refractivity contribution >= 4 is 52.4 Å². The Hall–Kier alpha value is -2.25. The van der Waals surface area contributed by atoms with E-state index in [2.05, 4.69) is 14.6 Å². The number of hydrogen-bond acceptors (Lipinski definition) is 5. The van der Waals surface area contributed by atoms with Crippen LogP contribution < -0.4 is 9.62 Å². The highest BCUT2D eigenvalue weighted by Gasteiger charge is 2.17. The van der Waals surface area contributed by atoms with Crippen LogP contribution in [0.2, 0.25) is 10.0 Å². The molecule has 0 bridgehead atoms. The van der Waals surface area contributed by atoms with Gasteiger partial charge in [-0.25, -0.2) is 0 Å². The van der Waals surface area contributed by atoms with Crippen molar-refractivity contribution in [2.75, 3.05) is 28.7 Å². The first-order valence-corrected chi connectivity index (χ1v) is 10.6. The summed E-state index contributed by atoms with van der Waals surface area (Å²) in [6.45, 7) is 1.44. The summed E-state index contributed by atoms with van der Waals surface area (Å²) in [7, 11) is 0. The number of pyridine rings is 1. The number of rotatable bonds is 4. The number of benzene rings is 2. The zero-order valence-electron chi connectivity index (χ0n) is 15.3. The lowest BCUT2D eigenvalue weighted by atomic mass is 10.1. The van der Waals surface area contributed by atoms with Gasteiger partial charge < -0.3 is 14.4 Å². The molecule has 8 heteroatoms. The number of nitrogens with one attached hydrogen (secondary N) is 1. The Bertz CT molecular complexity index is 1030. The number of carbonyl (C=O) groups is 1. The van der Waals surface area contributed by atoms with Gasteiger partial charge in [-0.2, -0.15) is 0 Å². The number of ether oxygens (including phenoxy) is 1. The van der Waals surface area contributed by atoms with Gasteiger partial charge in [0.15, 0.2) is 0 Å². The SMILES string of the molecule is O=C(Nc1ccc(Cl)c(-c2ccccn2)c1)c1ccc(N2CCOCS2)cc1Cl. The fourth-order valence-corrected chi connectivity index (χ4v) is 4.20. The molecule has 148 valence electrons. The van der Waals surface area contributed by atoms with Crippen molar-refractivity contribution in [3.8, 4) is 11.3 Å². The maximum Gasteiger partial charge on any atom is 0.257 e. The fraction of sp³-hybridized carbons (Fsp3) is 0.143. The Morgan fingerprint density at radius 1 is 1.10 bits per heavy atom. The van der Waals surface area contributed by atoms with Gasteiger partial charge in [-0.05, 0) is 60.5 Å². The maximum absolute atomic E-state index is 12.8. The molecule has 1 aliphatic heterocycles. The molecular formula is C21H17Cl2N3O2S. The van der Waals surface area contributed by atoms with E-state index in [-0.39, 0.29) is 5.91 Å². The van der Waals surface area contributed by atoms with Crippen LogP contribution in [0.15, 0.2) is 60.8 Å². The van der Waals surface area contributed by atoms with Crippen molar-refractivity contribution in [1.82, 2.24) is 4.98 Å². The van der Waals surface area contributed by atoms with Crippen LogP contribution in [0.1, 0.15) is 10.4 Å². The molecule has 0 spiro atoms. The van der Waals surface area contributed by atoms with Gasteiger partial charge in [0.2, 0.25) is 0 Å². The number of carbonyl (C=O) groups excluding carboxylic acids is 1.